The smallest absolute Gasteiger partial charge is 0.224 e. The lowest BCUT2D eigenvalue weighted by Crippen LogP contribution is -2.26. The normalized spacial score (nSPS) is 10.4. The average molecular weight is 290 g/mol. The number of hydrogen-bond acceptors (Lipinski definition) is 2. The molecule has 5 heteroatoms. The van der Waals surface area contributed by atoms with Crippen molar-refractivity contribution in [2.75, 3.05) is 19.8 Å². The molecule has 1 rings (SSSR count). The van der Waals surface area contributed by atoms with Crippen molar-refractivity contribution < 1.29 is 9.53 Å². The zero-order valence-electron chi connectivity index (χ0n) is 10.3. The third kappa shape index (κ3) is 5.71. The Kier molecular flexibility index (Phi) is 7.09. The lowest BCUT2D eigenvalue weighted by atomic mass is 10.1. The van der Waals surface area contributed by atoms with Gasteiger partial charge < -0.3 is 10.1 Å². The molecule has 0 fully saturated rings. The second-order valence-electron chi connectivity index (χ2n) is 3.83. The van der Waals surface area contributed by atoms with Gasteiger partial charge in [0.15, 0.2) is 0 Å². The summed E-state index contributed by atoms with van der Waals surface area (Å²) in [5.41, 5.74) is 0.853. The van der Waals surface area contributed by atoms with Crippen molar-refractivity contribution in [2.24, 2.45) is 0 Å². The predicted molar refractivity (Wildman–Crippen MR) is 74.3 cm³/mol. The van der Waals surface area contributed by atoms with Gasteiger partial charge in [-0.3, -0.25) is 4.79 Å². The maximum atomic E-state index is 11.6. The minimum atomic E-state index is -0.0233. The van der Waals surface area contributed by atoms with Gasteiger partial charge in [-0.25, -0.2) is 0 Å². The Balaban J connectivity index is 2.29. The molecule has 1 aromatic carbocycles. The highest BCUT2D eigenvalue weighted by Gasteiger charge is 2.05. The van der Waals surface area contributed by atoms with Gasteiger partial charge >= 0.3 is 0 Å². The first-order chi connectivity index (χ1) is 8.63. The summed E-state index contributed by atoms with van der Waals surface area (Å²) in [4.78, 5) is 11.6. The second kappa shape index (κ2) is 8.35. The van der Waals surface area contributed by atoms with E-state index in [2.05, 4.69) is 5.32 Å². The summed E-state index contributed by atoms with van der Waals surface area (Å²) in [7, 11) is 0. The third-order valence-corrected chi connectivity index (χ3v) is 3.08. The molecule has 0 aliphatic rings. The van der Waals surface area contributed by atoms with Crippen LogP contribution in [-0.4, -0.2) is 25.7 Å². The fourth-order valence-corrected chi connectivity index (χ4v) is 1.76. The molecule has 3 nitrogen and oxygen atoms in total. The van der Waals surface area contributed by atoms with Crippen LogP contribution in [0.2, 0.25) is 10.0 Å². The van der Waals surface area contributed by atoms with E-state index in [0.717, 1.165) is 12.0 Å². The maximum Gasteiger partial charge on any atom is 0.224 e. The summed E-state index contributed by atoms with van der Waals surface area (Å²) in [5.74, 6) is -0.0233. The molecule has 18 heavy (non-hydrogen) atoms. The van der Waals surface area contributed by atoms with Crippen LogP contribution in [0.4, 0.5) is 0 Å². The molecule has 1 aromatic rings. The summed E-state index contributed by atoms with van der Waals surface area (Å²) in [6.45, 7) is 3.95. The highest BCUT2D eigenvalue weighted by Crippen LogP contribution is 2.22. The SMILES string of the molecule is CCOCCCNC(=O)Cc1ccc(Cl)c(Cl)c1. The van der Waals surface area contributed by atoms with Crippen molar-refractivity contribution in [3.05, 3.63) is 33.8 Å². The molecule has 0 aromatic heterocycles. The van der Waals surface area contributed by atoms with Gasteiger partial charge in [-0.05, 0) is 31.0 Å². The van der Waals surface area contributed by atoms with Crippen molar-refractivity contribution in [1.29, 1.82) is 0 Å². The number of hydrogen-bond donors (Lipinski definition) is 1. The third-order valence-electron chi connectivity index (χ3n) is 2.34. The molecule has 0 unspecified atom stereocenters. The summed E-state index contributed by atoms with van der Waals surface area (Å²) in [6.07, 6.45) is 1.13. The minimum Gasteiger partial charge on any atom is -0.382 e. The number of rotatable bonds is 7. The Labute approximate surface area is 117 Å². The van der Waals surface area contributed by atoms with E-state index in [1.54, 1.807) is 18.2 Å². The first-order valence-electron chi connectivity index (χ1n) is 5.92. The van der Waals surface area contributed by atoms with Crippen LogP contribution < -0.4 is 5.32 Å². The number of carbonyl (C=O) groups excluding carboxylic acids is 1. The molecule has 0 aliphatic heterocycles. The molecule has 0 aliphatic carbocycles. The van der Waals surface area contributed by atoms with E-state index in [0.29, 0.717) is 36.2 Å². The van der Waals surface area contributed by atoms with Crippen LogP contribution >= 0.6 is 23.2 Å². The zero-order valence-corrected chi connectivity index (χ0v) is 11.9. The van der Waals surface area contributed by atoms with E-state index in [4.69, 9.17) is 27.9 Å². The van der Waals surface area contributed by atoms with Crippen LogP contribution in [0.3, 0.4) is 0 Å². The highest BCUT2D eigenvalue weighted by molar-refractivity contribution is 6.42. The maximum absolute atomic E-state index is 11.6. The molecule has 100 valence electrons. The number of benzene rings is 1. The van der Waals surface area contributed by atoms with Gasteiger partial charge in [0.1, 0.15) is 0 Å². The van der Waals surface area contributed by atoms with Crippen molar-refractivity contribution in [1.82, 2.24) is 5.32 Å². The van der Waals surface area contributed by atoms with Gasteiger partial charge in [0.25, 0.3) is 0 Å². The largest absolute Gasteiger partial charge is 0.382 e. The van der Waals surface area contributed by atoms with Crippen LogP contribution in [0.1, 0.15) is 18.9 Å². The molecule has 1 amide bonds. The molecule has 0 heterocycles. The van der Waals surface area contributed by atoms with Gasteiger partial charge in [0.05, 0.1) is 16.5 Å². The van der Waals surface area contributed by atoms with E-state index in [9.17, 15) is 4.79 Å². The monoisotopic (exact) mass is 289 g/mol. The average Bonchev–Trinajstić information content (AvgIpc) is 2.34. The molecular weight excluding hydrogens is 273 g/mol. The Bertz CT molecular complexity index is 397. The van der Waals surface area contributed by atoms with Gasteiger partial charge in [-0.15, -0.1) is 0 Å². The molecule has 1 N–H and O–H groups in total. The number of carbonyl (C=O) groups is 1. The van der Waals surface area contributed by atoms with Crippen molar-refractivity contribution in [3.8, 4) is 0 Å². The summed E-state index contributed by atoms with van der Waals surface area (Å²) in [5, 5.41) is 3.80. The molecule has 0 saturated heterocycles. The lowest BCUT2D eigenvalue weighted by Gasteiger charge is -2.06. The summed E-state index contributed by atoms with van der Waals surface area (Å²) >= 11 is 11.7. The number of ether oxygens (including phenoxy) is 1. The van der Waals surface area contributed by atoms with Crippen molar-refractivity contribution in [2.45, 2.75) is 19.8 Å². The zero-order chi connectivity index (χ0) is 13.4. The minimum absolute atomic E-state index is 0.0233. The quantitative estimate of drug-likeness (QED) is 0.784. The number of amides is 1. The Hall–Kier alpha value is -0.770. The standard InChI is InChI=1S/C13H17Cl2NO2/c1-2-18-7-3-6-16-13(17)9-10-4-5-11(14)12(15)8-10/h4-5,8H,2-3,6-7,9H2,1H3,(H,16,17). The van der Waals surface area contributed by atoms with Crippen LogP contribution in [0.5, 0.6) is 0 Å². The Morgan fingerprint density at radius 3 is 2.78 bits per heavy atom. The molecule has 0 saturated carbocycles. The van der Waals surface area contributed by atoms with Gasteiger partial charge in [0.2, 0.25) is 5.91 Å². The van der Waals surface area contributed by atoms with Crippen LogP contribution in [-0.2, 0) is 16.0 Å². The molecular formula is C13H17Cl2NO2. The molecule has 0 bridgehead atoms. The number of nitrogens with one attached hydrogen (secondary N) is 1. The number of halogens is 2. The summed E-state index contributed by atoms with van der Waals surface area (Å²) < 4.78 is 5.18. The Morgan fingerprint density at radius 2 is 2.11 bits per heavy atom. The van der Waals surface area contributed by atoms with Gasteiger partial charge in [-0.2, -0.15) is 0 Å². The van der Waals surface area contributed by atoms with Gasteiger partial charge in [-0.1, -0.05) is 29.3 Å². The van der Waals surface area contributed by atoms with E-state index in [1.165, 1.54) is 0 Å². The molecule has 0 radical (unpaired) electrons. The van der Waals surface area contributed by atoms with Crippen LogP contribution in [0.25, 0.3) is 0 Å². The van der Waals surface area contributed by atoms with E-state index < -0.39 is 0 Å². The highest BCUT2D eigenvalue weighted by atomic mass is 35.5. The van der Waals surface area contributed by atoms with Crippen LogP contribution in [0.15, 0.2) is 18.2 Å². The predicted octanol–water partition coefficient (Wildman–Crippen LogP) is 3.08. The van der Waals surface area contributed by atoms with E-state index >= 15 is 0 Å². The van der Waals surface area contributed by atoms with Crippen molar-refractivity contribution >= 4 is 29.1 Å². The van der Waals surface area contributed by atoms with Gasteiger partial charge in [0, 0.05) is 19.8 Å². The first kappa shape index (κ1) is 15.3. The van der Waals surface area contributed by atoms with E-state index in [1.807, 2.05) is 6.92 Å². The van der Waals surface area contributed by atoms with E-state index in [-0.39, 0.29) is 5.91 Å². The fraction of sp³-hybridized carbons (Fsp3) is 0.462. The molecule has 0 spiro atoms. The first-order valence-corrected chi connectivity index (χ1v) is 6.67. The Morgan fingerprint density at radius 1 is 1.33 bits per heavy atom. The van der Waals surface area contributed by atoms with Crippen LogP contribution in [0, 0.1) is 0 Å². The molecule has 0 atom stereocenters. The topological polar surface area (TPSA) is 38.3 Å². The van der Waals surface area contributed by atoms with Crippen molar-refractivity contribution in [3.63, 3.8) is 0 Å². The fourth-order valence-electron chi connectivity index (χ4n) is 1.44. The second-order valence-corrected chi connectivity index (χ2v) is 4.64. The lowest BCUT2D eigenvalue weighted by molar-refractivity contribution is -0.120. The summed E-state index contributed by atoms with van der Waals surface area (Å²) in [6, 6.07) is 5.21.